The molecule has 23 heavy (non-hydrogen) atoms. The van der Waals surface area contributed by atoms with Gasteiger partial charge in [-0.15, -0.1) is 6.42 Å². The smallest absolute Gasteiger partial charge is 0.390 e. The lowest BCUT2D eigenvalue weighted by molar-refractivity contribution is -0.629. The fraction of sp³-hybridized carbons (Fsp3) is 0.200. The molecule has 0 saturated heterocycles. The molecule has 0 aliphatic carbocycles. The van der Waals surface area contributed by atoms with Crippen LogP contribution in [0.5, 0.6) is 0 Å². The molecule has 0 aromatic carbocycles. The normalized spacial score (nSPS) is 9.96. The van der Waals surface area contributed by atoms with Crippen molar-refractivity contribution in [2.75, 3.05) is 6.54 Å². The Kier molecular flexibility index (Phi) is 5.07. The Balaban J connectivity index is 2.17. The summed E-state index contributed by atoms with van der Waals surface area (Å²) in [4.78, 5) is 19.7. The molecule has 0 bridgehead atoms. The SMILES string of the molecule is C#CCN(N)[N+](=C)c1nc(-c2cccc(CNC(C)=O)n2)co1. The van der Waals surface area contributed by atoms with Crippen LogP contribution in [0.4, 0.5) is 6.01 Å². The molecule has 8 nitrogen and oxygen atoms in total. The molecule has 0 atom stereocenters. The highest BCUT2D eigenvalue weighted by Crippen LogP contribution is 2.20. The maximum absolute atomic E-state index is 11.0. The number of amides is 1. The fourth-order valence-electron chi connectivity index (χ4n) is 1.72. The highest BCUT2D eigenvalue weighted by molar-refractivity contribution is 5.72. The minimum Gasteiger partial charge on any atom is -0.390 e. The van der Waals surface area contributed by atoms with Crippen molar-refractivity contribution >= 4 is 18.6 Å². The van der Waals surface area contributed by atoms with Crippen LogP contribution in [0, 0.1) is 12.3 Å². The number of aromatic nitrogens is 2. The van der Waals surface area contributed by atoms with Crippen molar-refractivity contribution in [3.63, 3.8) is 0 Å². The van der Waals surface area contributed by atoms with Crippen LogP contribution >= 0.6 is 0 Å². The van der Waals surface area contributed by atoms with Crippen LogP contribution < -0.4 is 11.2 Å². The number of hydrazine groups is 2. The number of oxazole rings is 1. The fourth-order valence-corrected chi connectivity index (χ4v) is 1.72. The molecular formula is C15H17N6O2+. The Morgan fingerprint density at radius 2 is 2.30 bits per heavy atom. The van der Waals surface area contributed by atoms with E-state index in [-0.39, 0.29) is 18.5 Å². The maximum atomic E-state index is 11.0. The topological polar surface area (TPSA) is 100 Å². The predicted molar refractivity (Wildman–Crippen MR) is 84.0 cm³/mol. The van der Waals surface area contributed by atoms with E-state index in [4.69, 9.17) is 16.7 Å². The molecule has 2 aromatic rings. The molecule has 0 saturated carbocycles. The van der Waals surface area contributed by atoms with Gasteiger partial charge in [0.05, 0.1) is 19.0 Å². The van der Waals surface area contributed by atoms with E-state index in [0.717, 1.165) is 0 Å². The van der Waals surface area contributed by atoms with E-state index in [2.05, 4.69) is 27.9 Å². The number of hydrazone groups is 1. The molecule has 2 aromatic heterocycles. The number of carbonyl (C=O) groups excluding carboxylic acids is 1. The second-order valence-electron chi connectivity index (χ2n) is 4.64. The number of terminal acetylenes is 1. The van der Waals surface area contributed by atoms with Gasteiger partial charge in [-0.3, -0.25) is 4.79 Å². The molecule has 0 spiro atoms. The number of nitrogens with zero attached hydrogens (tertiary/aromatic N) is 4. The summed E-state index contributed by atoms with van der Waals surface area (Å²) in [7, 11) is 0. The van der Waals surface area contributed by atoms with Gasteiger partial charge in [-0.05, 0) is 12.1 Å². The largest absolute Gasteiger partial charge is 0.528 e. The standard InChI is InChI=1S/C15H16N6O2/c1-4-8-21(16)20(3)15-19-14(10-23-15)13-7-5-6-12(18-13)9-17-11(2)22/h1,5-7,10H,3,8-9,16H2,2H3/p+1. The van der Waals surface area contributed by atoms with Crippen molar-refractivity contribution < 1.29 is 13.9 Å². The van der Waals surface area contributed by atoms with E-state index < -0.39 is 0 Å². The minimum absolute atomic E-state index is 0.120. The number of hydrogen-bond acceptors (Lipinski definition) is 6. The zero-order valence-electron chi connectivity index (χ0n) is 12.7. The molecule has 2 heterocycles. The van der Waals surface area contributed by atoms with Crippen LogP contribution in [-0.2, 0) is 11.3 Å². The van der Waals surface area contributed by atoms with Crippen molar-refractivity contribution in [3.8, 4) is 23.7 Å². The average Bonchev–Trinajstić information content (AvgIpc) is 3.02. The quantitative estimate of drug-likeness (QED) is 0.264. The van der Waals surface area contributed by atoms with Gasteiger partial charge in [0.25, 0.3) is 0 Å². The average molecular weight is 313 g/mol. The van der Waals surface area contributed by atoms with Gasteiger partial charge in [0.15, 0.2) is 6.26 Å². The van der Waals surface area contributed by atoms with Crippen molar-refractivity contribution in [3.05, 3.63) is 30.2 Å². The summed E-state index contributed by atoms with van der Waals surface area (Å²) in [5.41, 5.74) is 1.84. The molecule has 0 aliphatic rings. The van der Waals surface area contributed by atoms with Gasteiger partial charge in [0, 0.05) is 11.9 Å². The predicted octanol–water partition coefficient (Wildman–Crippen LogP) is 0.441. The first kappa shape index (κ1) is 16.2. The first-order chi connectivity index (χ1) is 11.0. The van der Waals surface area contributed by atoms with E-state index in [1.807, 2.05) is 12.1 Å². The monoisotopic (exact) mass is 313 g/mol. The van der Waals surface area contributed by atoms with Crippen LogP contribution in [0.2, 0.25) is 0 Å². The molecule has 0 radical (unpaired) electrons. The molecule has 118 valence electrons. The maximum Gasteiger partial charge on any atom is 0.528 e. The van der Waals surface area contributed by atoms with Crippen LogP contribution in [0.1, 0.15) is 12.6 Å². The van der Waals surface area contributed by atoms with Crippen LogP contribution in [-0.4, -0.2) is 38.9 Å². The van der Waals surface area contributed by atoms with Gasteiger partial charge < -0.3 is 9.73 Å². The minimum atomic E-state index is -0.120. The molecular weight excluding hydrogens is 296 g/mol. The third kappa shape index (κ3) is 4.15. The molecule has 0 unspecified atom stereocenters. The second kappa shape index (κ2) is 7.20. The van der Waals surface area contributed by atoms with Gasteiger partial charge in [-0.1, -0.05) is 16.7 Å². The van der Waals surface area contributed by atoms with Crippen LogP contribution in [0.3, 0.4) is 0 Å². The Bertz CT molecular complexity index is 761. The highest BCUT2D eigenvalue weighted by atomic mass is 16.4. The molecule has 2 rings (SSSR count). The first-order valence-corrected chi connectivity index (χ1v) is 6.73. The van der Waals surface area contributed by atoms with E-state index in [1.54, 1.807) is 6.07 Å². The number of nitrogens with one attached hydrogen (secondary N) is 1. The van der Waals surface area contributed by atoms with E-state index in [9.17, 15) is 4.79 Å². The Morgan fingerprint density at radius 3 is 3.00 bits per heavy atom. The van der Waals surface area contributed by atoms with Crippen molar-refractivity contribution in [1.29, 1.82) is 0 Å². The van der Waals surface area contributed by atoms with E-state index >= 15 is 0 Å². The lowest BCUT2D eigenvalue weighted by atomic mass is 10.2. The Morgan fingerprint density at radius 1 is 1.52 bits per heavy atom. The zero-order chi connectivity index (χ0) is 16.8. The summed E-state index contributed by atoms with van der Waals surface area (Å²) in [6.45, 7) is 5.66. The second-order valence-corrected chi connectivity index (χ2v) is 4.64. The number of pyridine rings is 1. The van der Waals surface area contributed by atoms with Crippen LogP contribution in [0.25, 0.3) is 11.4 Å². The third-order valence-corrected chi connectivity index (χ3v) is 2.86. The van der Waals surface area contributed by atoms with Gasteiger partial charge >= 0.3 is 6.01 Å². The Labute approximate surface area is 133 Å². The van der Waals surface area contributed by atoms with E-state index in [0.29, 0.717) is 23.6 Å². The lowest BCUT2D eigenvalue weighted by Gasteiger charge is -2.10. The van der Waals surface area contributed by atoms with Gasteiger partial charge in [-0.25, -0.2) is 10.8 Å². The number of nitrogens with two attached hydrogens (primary N) is 1. The summed E-state index contributed by atoms with van der Waals surface area (Å²) in [6, 6.07) is 5.60. The molecule has 3 N–H and O–H groups in total. The van der Waals surface area contributed by atoms with Gasteiger partial charge in [0.1, 0.15) is 12.2 Å². The van der Waals surface area contributed by atoms with Gasteiger partial charge in [0.2, 0.25) is 11.6 Å². The summed E-state index contributed by atoms with van der Waals surface area (Å²) in [5.74, 6) is 7.97. The Hall–Kier alpha value is -3.18. The van der Waals surface area contributed by atoms with E-state index in [1.165, 1.54) is 23.0 Å². The lowest BCUT2D eigenvalue weighted by Crippen LogP contribution is -2.38. The first-order valence-electron chi connectivity index (χ1n) is 6.73. The third-order valence-electron chi connectivity index (χ3n) is 2.86. The summed E-state index contributed by atoms with van der Waals surface area (Å²) in [6.07, 6.45) is 6.64. The van der Waals surface area contributed by atoms with Crippen molar-refractivity contribution in [2.24, 2.45) is 5.84 Å². The number of hydrogen-bond donors (Lipinski definition) is 2. The molecule has 0 fully saturated rings. The molecule has 0 aliphatic heterocycles. The number of carbonyl (C=O) groups is 1. The van der Waals surface area contributed by atoms with Crippen molar-refractivity contribution in [2.45, 2.75) is 13.5 Å². The van der Waals surface area contributed by atoms with Crippen LogP contribution in [0.15, 0.2) is 28.9 Å². The van der Waals surface area contributed by atoms with Crippen molar-refractivity contribution in [1.82, 2.24) is 20.4 Å². The highest BCUT2D eigenvalue weighted by Gasteiger charge is 2.22. The van der Waals surface area contributed by atoms with Gasteiger partial charge in [-0.2, -0.15) is 5.12 Å². The zero-order valence-corrected chi connectivity index (χ0v) is 12.7. The summed E-state index contributed by atoms with van der Waals surface area (Å²) < 4.78 is 6.59. The summed E-state index contributed by atoms with van der Waals surface area (Å²) >= 11 is 0. The molecule has 8 heteroatoms. The molecule has 1 amide bonds. The number of rotatable bonds is 6. The summed E-state index contributed by atoms with van der Waals surface area (Å²) in [5, 5.41) is 3.88.